The van der Waals surface area contributed by atoms with Crippen LogP contribution in [0.1, 0.15) is 42.5 Å². The lowest BCUT2D eigenvalue weighted by molar-refractivity contribution is -0.140. The number of carboxylic acid groups (broad SMARTS) is 2. The van der Waals surface area contributed by atoms with Crippen molar-refractivity contribution in [2.75, 3.05) is 32.8 Å². The van der Waals surface area contributed by atoms with Crippen LogP contribution in [0.2, 0.25) is 0 Å². The Balaban J connectivity index is 2.10. The quantitative estimate of drug-likeness (QED) is 0.234. The maximum atomic E-state index is 11.5. The number of phenolic OH excluding ortho intramolecular Hbond substituents is 2. The normalized spacial score (nSPS) is 11.5. The number of nitrogens with zero attached hydrogens (tertiary/aromatic N) is 2. The van der Waals surface area contributed by atoms with Crippen molar-refractivity contribution in [1.82, 2.24) is 9.80 Å². The minimum atomic E-state index is -1.04. The molecule has 0 amide bonds. The zero-order chi connectivity index (χ0) is 26.7. The average molecular weight is 503 g/mol. The topological polar surface area (TPSA) is 142 Å². The fraction of sp³-hybridized carbons (Fsp3) is 0.481. The van der Waals surface area contributed by atoms with Crippen molar-refractivity contribution in [3.8, 4) is 11.5 Å². The van der Waals surface area contributed by atoms with E-state index in [1.54, 1.807) is 40.1 Å². The molecule has 9 heteroatoms. The van der Waals surface area contributed by atoms with E-state index >= 15 is 0 Å². The van der Waals surface area contributed by atoms with Crippen molar-refractivity contribution in [1.29, 1.82) is 0 Å². The summed E-state index contributed by atoms with van der Waals surface area (Å²) in [4.78, 5) is 26.2. The van der Waals surface area contributed by atoms with Gasteiger partial charge in [0.25, 0.3) is 0 Å². The molecule has 0 saturated heterocycles. The Bertz CT molecular complexity index is 1010. The molecule has 0 saturated carbocycles. The monoisotopic (exact) mass is 502 g/mol. The molecular weight excluding hydrogens is 464 g/mol. The summed E-state index contributed by atoms with van der Waals surface area (Å²) in [5.41, 5.74) is 2.93. The number of phenols is 2. The van der Waals surface area contributed by atoms with Crippen LogP contribution in [-0.2, 0) is 35.5 Å². The Hall–Kier alpha value is -3.14. The lowest BCUT2D eigenvalue weighted by Crippen LogP contribution is -2.39. The van der Waals surface area contributed by atoms with Crippen LogP contribution in [0.25, 0.3) is 0 Å². The molecule has 2 aromatic rings. The largest absolute Gasteiger partial charge is 0.508 e. The Kier molecular flexibility index (Phi) is 11.7. The molecule has 9 nitrogen and oxygen atoms in total. The highest BCUT2D eigenvalue weighted by atomic mass is 16.4. The standard InChI is InChI=1S/C27H38N2O7/c1-19(2)3-4-20-5-7-22(24(31)13-20)15-28(17-26(33)34)10-11-29(18-27(35)36)16-23-8-6-21(9-12-30)14-25(23)32/h5-8,13-14,19,30-32H,3-4,9-12,15-18H2,1-2H3,(H,33,34)(H,35,36). The molecule has 0 aliphatic rings. The zero-order valence-corrected chi connectivity index (χ0v) is 21.1. The van der Waals surface area contributed by atoms with E-state index in [1.807, 2.05) is 6.07 Å². The van der Waals surface area contributed by atoms with Crippen LogP contribution in [0.15, 0.2) is 36.4 Å². The van der Waals surface area contributed by atoms with E-state index in [0.29, 0.717) is 23.5 Å². The van der Waals surface area contributed by atoms with Gasteiger partial charge in [-0.15, -0.1) is 0 Å². The van der Waals surface area contributed by atoms with Crippen molar-refractivity contribution < 1.29 is 35.1 Å². The van der Waals surface area contributed by atoms with Gasteiger partial charge in [-0.05, 0) is 48.4 Å². The smallest absolute Gasteiger partial charge is 0.317 e. The van der Waals surface area contributed by atoms with Crippen molar-refractivity contribution in [2.45, 2.75) is 46.2 Å². The third-order valence-corrected chi connectivity index (χ3v) is 5.95. The van der Waals surface area contributed by atoms with Crippen LogP contribution < -0.4 is 0 Å². The fourth-order valence-electron chi connectivity index (χ4n) is 3.96. The van der Waals surface area contributed by atoms with Gasteiger partial charge in [0.2, 0.25) is 0 Å². The number of carboxylic acids is 2. The van der Waals surface area contributed by atoms with Gasteiger partial charge < -0.3 is 25.5 Å². The summed E-state index contributed by atoms with van der Waals surface area (Å²) in [6.45, 7) is 4.53. The van der Waals surface area contributed by atoms with E-state index in [0.717, 1.165) is 24.0 Å². The molecule has 36 heavy (non-hydrogen) atoms. The highest BCUT2D eigenvalue weighted by molar-refractivity contribution is 5.69. The van der Waals surface area contributed by atoms with Crippen LogP contribution >= 0.6 is 0 Å². The maximum absolute atomic E-state index is 11.5. The van der Waals surface area contributed by atoms with Crippen molar-refractivity contribution >= 4 is 11.9 Å². The Morgan fingerprint density at radius 3 is 1.58 bits per heavy atom. The molecule has 2 rings (SSSR count). The number of aryl methyl sites for hydroxylation is 1. The second kappa shape index (κ2) is 14.4. The zero-order valence-electron chi connectivity index (χ0n) is 21.1. The van der Waals surface area contributed by atoms with E-state index in [2.05, 4.69) is 13.8 Å². The second-order valence-corrected chi connectivity index (χ2v) is 9.54. The first-order valence-corrected chi connectivity index (χ1v) is 12.2. The molecule has 198 valence electrons. The SMILES string of the molecule is CC(C)CCc1ccc(CN(CCN(CC(=O)O)Cc2ccc(CCO)cc2O)CC(=O)O)c(O)c1. The molecule has 0 aromatic heterocycles. The minimum absolute atomic E-state index is 0.0150. The Labute approximate surface area is 212 Å². The number of aromatic hydroxyl groups is 2. The summed E-state index contributed by atoms with van der Waals surface area (Å²) in [5.74, 6) is -1.38. The minimum Gasteiger partial charge on any atom is -0.508 e. The first-order valence-electron chi connectivity index (χ1n) is 12.2. The van der Waals surface area contributed by atoms with Crippen LogP contribution in [0.5, 0.6) is 11.5 Å². The molecule has 5 N–H and O–H groups in total. The van der Waals surface area contributed by atoms with Crippen molar-refractivity contribution in [2.24, 2.45) is 5.92 Å². The van der Waals surface area contributed by atoms with E-state index < -0.39 is 11.9 Å². The van der Waals surface area contributed by atoms with Gasteiger partial charge in [-0.1, -0.05) is 38.1 Å². The van der Waals surface area contributed by atoms with Crippen molar-refractivity contribution in [3.63, 3.8) is 0 Å². The number of aliphatic hydroxyl groups excluding tert-OH is 1. The molecule has 0 atom stereocenters. The van der Waals surface area contributed by atoms with E-state index in [-0.39, 0.29) is 57.4 Å². The highest BCUT2D eigenvalue weighted by Crippen LogP contribution is 2.23. The summed E-state index contributed by atoms with van der Waals surface area (Å²) < 4.78 is 0. The third kappa shape index (κ3) is 10.2. The molecule has 0 aliphatic heterocycles. The van der Waals surface area contributed by atoms with Crippen LogP contribution in [0.3, 0.4) is 0 Å². The molecule has 0 spiro atoms. The lowest BCUT2D eigenvalue weighted by Gasteiger charge is -2.26. The van der Waals surface area contributed by atoms with Crippen LogP contribution in [0.4, 0.5) is 0 Å². The number of carbonyl (C=O) groups is 2. The van der Waals surface area contributed by atoms with Crippen molar-refractivity contribution in [3.05, 3.63) is 58.7 Å². The summed E-state index contributed by atoms with van der Waals surface area (Å²) in [5, 5.41) is 48.7. The van der Waals surface area contributed by atoms with E-state index in [4.69, 9.17) is 5.11 Å². The first kappa shape index (κ1) is 29.1. The van der Waals surface area contributed by atoms with Crippen LogP contribution in [0, 0.1) is 5.92 Å². The number of aliphatic hydroxyl groups is 1. The molecule has 0 fully saturated rings. The number of rotatable bonds is 16. The van der Waals surface area contributed by atoms with Gasteiger partial charge in [0.05, 0.1) is 13.1 Å². The van der Waals surface area contributed by atoms with Gasteiger partial charge in [0.15, 0.2) is 0 Å². The van der Waals surface area contributed by atoms with E-state index in [1.165, 1.54) is 0 Å². The van der Waals surface area contributed by atoms with Gasteiger partial charge in [0, 0.05) is 43.9 Å². The molecule has 0 radical (unpaired) electrons. The molecule has 0 heterocycles. The average Bonchev–Trinajstić information content (AvgIpc) is 2.78. The fourth-order valence-corrected chi connectivity index (χ4v) is 3.96. The van der Waals surface area contributed by atoms with Gasteiger partial charge in [-0.3, -0.25) is 19.4 Å². The first-order chi connectivity index (χ1) is 17.1. The number of aliphatic carboxylic acids is 2. The molecular formula is C27H38N2O7. The number of hydrogen-bond acceptors (Lipinski definition) is 7. The van der Waals surface area contributed by atoms with Gasteiger partial charge >= 0.3 is 11.9 Å². The summed E-state index contributed by atoms with van der Waals surface area (Å²) in [7, 11) is 0. The van der Waals surface area contributed by atoms with E-state index in [9.17, 15) is 30.0 Å². The van der Waals surface area contributed by atoms with Gasteiger partial charge in [0.1, 0.15) is 11.5 Å². The summed E-state index contributed by atoms with van der Waals surface area (Å²) >= 11 is 0. The number of benzene rings is 2. The number of hydrogen-bond donors (Lipinski definition) is 5. The highest BCUT2D eigenvalue weighted by Gasteiger charge is 2.18. The summed E-state index contributed by atoms with van der Waals surface area (Å²) in [6, 6.07) is 10.5. The molecule has 2 aromatic carbocycles. The molecule has 0 unspecified atom stereocenters. The predicted molar refractivity (Wildman–Crippen MR) is 136 cm³/mol. The Morgan fingerprint density at radius 2 is 1.22 bits per heavy atom. The maximum Gasteiger partial charge on any atom is 0.317 e. The lowest BCUT2D eigenvalue weighted by atomic mass is 10.0. The Morgan fingerprint density at radius 1 is 0.778 bits per heavy atom. The van der Waals surface area contributed by atoms with Crippen LogP contribution in [-0.4, -0.2) is 80.1 Å². The van der Waals surface area contributed by atoms with Gasteiger partial charge in [-0.2, -0.15) is 0 Å². The molecule has 0 aliphatic carbocycles. The second-order valence-electron chi connectivity index (χ2n) is 9.54. The van der Waals surface area contributed by atoms with Gasteiger partial charge in [-0.25, -0.2) is 0 Å². The third-order valence-electron chi connectivity index (χ3n) is 5.95. The molecule has 0 bridgehead atoms. The summed E-state index contributed by atoms with van der Waals surface area (Å²) in [6.07, 6.45) is 2.26. The predicted octanol–water partition coefficient (Wildman–Crippen LogP) is 2.69.